The maximum atomic E-state index is 13.4. The standard InChI is InChI=1S/C26H30N6O2/c1-17-13-18(2)23-20(14-17)15-22(26(33)27-23)24(31-11-5-4-6-12-31)25-28-29-30-32(25)16-19-7-9-21(34-3)10-8-19/h7-10,13-15,24H,4-6,11-12,16H2,1-3H3,(H,27,33)/t24-/m0/s1. The van der Waals surface area contributed by atoms with Crippen LogP contribution in [0.25, 0.3) is 10.9 Å². The van der Waals surface area contributed by atoms with Crippen LogP contribution in [-0.4, -0.2) is 50.3 Å². The van der Waals surface area contributed by atoms with Crippen LogP contribution >= 0.6 is 0 Å². The maximum Gasteiger partial charge on any atom is 0.253 e. The van der Waals surface area contributed by atoms with E-state index in [1.165, 1.54) is 12.0 Å². The number of likely N-dealkylation sites (tertiary alicyclic amines) is 1. The number of nitrogens with zero attached hydrogens (tertiary/aromatic N) is 5. The SMILES string of the molecule is COc1ccc(Cn2nnnc2[C@H](c2cc3cc(C)cc(C)c3[nH]c2=O)N2CCCCC2)cc1. The Morgan fingerprint density at radius 1 is 1.06 bits per heavy atom. The lowest BCUT2D eigenvalue weighted by atomic mass is 9.99. The van der Waals surface area contributed by atoms with E-state index in [1.807, 2.05) is 41.9 Å². The van der Waals surface area contributed by atoms with Gasteiger partial charge in [-0.1, -0.05) is 30.2 Å². The molecule has 1 fully saturated rings. The van der Waals surface area contributed by atoms with Gasteiger partial charge in [-0.2, -0.15) is 0 Å². The summed E-state index contributed by atoms with van der Waals surface area (Å²) < 4.78 is 7.09. The van der Waals surface area contributed by atoms with Gasteiger partial charge in [-0.3, -0.25) is 9.69 Å². The van der Waals surface area contributed by atoms with Crippen LogP contribution < -0.4 is 10.3 Å². The summed E-state index contributed by atoms with van der Waals surface area (Å²) >= 11 is 0. The molecule has 8 nitrogen and oxygen atoms in total. The number of H-pyrrole nitrogens is 1. The van der Waals surface area contributed by atoms with Crippen molar-refractivity contribution in [3.63, 3.8) is 0 Å². The van der Waals surface area contributed by atoms with Crippen molar-refractivity contribution >= 4 is 10.9 Å². The number of aromatic amines is 1. The molecule has 1 atom stereocenters. The number of hydrogen-bond donors (Lipinski definition) is 1. The quantitative estimate of drug-likeness (QED) is 0.473. The normalized spacial score (nSPS) is 15.5. The van der Waals surface area contributed by atoms with Crippen LogP contribution in [0.2, 0.25) is 0 Å². The Kier molecular flexibility index (Phi) is 6.15. The number of methoxy groups -OCH3 is 1. The zero-order valence-electron chi connectivity index (χ0n) is 19.9. The topological polar surface area (TPSA) is 88.9 Å². The van der Waals surface area contributed by atoms with Crippen LogP contribution in [0.15, 0.2) is 47.3 Å². The van der Waals surface area contributed by atoms with Crippen molar-refractivity contribution in [1.29, 1.82) is 0 Å². The second kappa shape index (κ2) is 9.38. The van der Waals surface area contributed by atoms with Crippen LogP contribution in [0.5, 0.6) is 5.75 Å². The molecule has 1 saturated heterocycles. The van der Waals surface area contributed by atoms with Crippen LogP contribution in [0.3, 0.4) is 0 Å². The summed E-state index contributed by atoms with van der Waals surface area (Å²) in [7, 11) is 1.65. The van der Waals surface area contributed by atoms with Gasteiger partial charge in [0.15, 0.2) is 5.82 Å². The summed E-state index contributed by atoms with van der Waals surface area (Å²) in [6.07, 6.45) is 3.40. The molecule has 0 saturated carbocycles. The summed E-state index contributed by atoms with van der Waals surface area (Å²) in [5.74, 6) is 1.49. The van der Waals surface area contributed by atoms with E-state index in [9.17, 15) is 4.79 Å². The second-order valence-corrected chi connectivity index (χ2v) is 9.14. The smallest absolute Gasteiger partial charge is 0.253 e. The fourth-order valence-corrected chi connectivity index (χ4v) is 5.01. The highest BCUT2D eigenvalue weighted by atomic mass is 16.5. The molecule has 0 amide bonds. The lowest BCUT2D eigenvalue weighted by Crippen LogP contribution is -2.38. The predicted molar refractivity (Wildman–Crippen MR) is 131 cm³/mol. The maximum absolute atomic E-state index is 13.4. The van der Waals surface area contributed by atoms with E-state index < -0.39 is 0 Å². The van der Waals surface area contributed by atoms with E-state index in [0.29, 0.717) is 17.9 Å². The fourth-order valence-electron chi connectivity index (χ4n) is 5.01. The number of tetrazole rings is 1. The molecule has 8 heteroatoms. The van der Waals surface area contributed by atoms with Crippen molar-refractivity contribution < 1.29 is 4.74 Å². The first-order valence-electron chi connectivity index (χ1n) is 11.8. The third-order valence-electron chi connectivity index (χ3n) is 6.67. The number of ether oxygens (including phenoxy) is 1. The summed E-state index contributed by atoms with van der Waals surface area (Å²) in [4.78, 5) is 18.9. The molecule has 1 aliphatic rings. The summed E-state index contributed by atoms with van der Waals surface area (Å²) in [6, 6.07) is 13.8. The molecular weight excluding hydrogens is 428 g/mol. The van der Waals surface area contributed by atoms with Gasteiger partial charge in [0.25, 0.3) is 5.56 Å². The Bertz CT molecular complexity index is 1350. The molecule has 0 bridgehead atoms. The fraction of sp³-hybridized carbons (Fsp3) is 0.385. The van der Waals surface area contributed by atoms with Crippen molar-refractivity contribution in [3.05, 3.63) is 80.9 Å². The Labute approximate surface area is 198 Å². The monoisotopic (exact) mass is 458 g/mol. The summed E-state index contributed by atoms with van der Waals surface area (Å²) in [5, 5.41) is 13.8. The molecule has 176 valence electrons. The van der Waals surface area contributed by atoms with E-state index in [0.717, 1.165) is 53.7 Å². The second-order valence-electron chi connectivity index (χ2n) is 9.14. The van der Waals surface area contributed by atoms with E-state index in [2.05, 4.69) is 44.5 Å². The number of nitrogens with one attached hydrogen (secondary N) is 1. The molecule has 1 N–H and O–H groups in total. The molecule has 2 aromatic heterocycles. The first kappa shape index (κ1) is 22.3. The highest BCUT2D eigenvalue weighted by Crippen LogP contribution is 2.30. The highest BCUT2D eigenvalue weighted by molar-refractivity contribution is 5.83. The molecule has 2 aromatic carbocycles. The lowest BCUT2D eigenvalue weighted by Gasteiger charge is -2.33. The molecule has 4 aromatic rings. The Morgan fingerprint density at radius 3 is 2.56 bits per heavy atom. The Morgan fingerprint density at radius 2 is 1.82 bits per heavy atom. The third kappa shape index (κ3) is 4.33. The van der Waals surface area contributed by atoms with Gasteiger partial charge < -0.3 is 9.72 Å². The molecule has 0 radical (unpaired) electrons. The number of aromatic nitrogens is 5. The van der Waals surface area contributed by atoms with Crippen LogP contribution in [0, 0.1) is 13.8 Å². The molecule has 0 aliphatic carbocycles. The van der Waals surface area contributed by atoms with Gasteiger partial charge >= 0.3 is 0 Å². The molecule has 1 aliphatic heterocycles. The van der Waals surface area contributed by atoms with Gasteiger partial charge in [-0.25, -0.2) is 4.68 Å². The molecule has 3 heterocycles. The first-order valence-corrected chi connectivity index (χ1v) is 11.8. The largest absolute Gasteiger partial charge is 0.497 e. The number of hydrogen-bond acceptors (Lipinski definition) is 6. The van der Waals surface area contributed by atoms with E-state index >= 15 is 0 Å². The average molecular weight is 459 g/mol. The van der Waals surface area contributed by atoms with Crippen molar-refractivity contribution in [1.82, 2.24) is 30.1 Å². The van der Waals surface area contributed by atoms with Gasteiger partial charge in [0.1, 0.15) is 11.8 Å². The molecule has 5 rings (SSSR count). The van der Waals surface area contributed by atoms with Crippen LogP contribution in [0.4, 0.5) is 0 Å². The van der Waals surface area contributed by atoms with Gasteiger partial charge in [0, 0.05) is 5.56 Å². The number of pyridine rings is 1. The lowest BCUT2D eigenvalue weighted by molar-refractivity contribution is 0.177. The van der Waals surface area contributed by atoms with Crippen molar-refractivity contribution in [2.75, 3.05) is 20.2 Å². The minimum absolute atomic E-state index is 0.0889. The molecule has 0 unspecified atom stereocenters. The first-order chi connectivity index (χ1) is 16.5. The van der Waals surface area contributed by atoms with Gasteiger partial charge in [-0.05, 0) is 91.0 Å². The molecule has 34 heavy (non-hydrogen) atoms. The number of aryl methyl sites for hydroxylation is 2. The minimum Gasteiger partial charge on any atom is -0.497 e. The number of rotatable bonds is 6. The summed E-state index contributed by atoms with van der Waals surface area (Å²) in [6.45, 7) is 6.44. The van der Waals surface area contributed by atoms with Gasteiger partial charge in [0.05, 0.1) is 19.2 Å². The van der Waals surface area contributed by atoms with Crippen molar-refractivity contribution in [2.24, 2.45) is 0 Å². The Balaban J connectivity index is 1.60. The predicted octanol–water partition coefficient (Wildman–Crippen LogP) is 3.76. The summed E-state index contributed by atoms with van der Waals surface area (Å²) in [5.41, 5.74) is 4.78. The van der Waals surface area contributed by atoms with E-state index in [4.69, 9.17) is 4.74 Å². The zero-order valence-corrected chi connectivity index (χ0v) is 19.9. The van der Waals surface area contributed by atoms with Crippen LogP contribution in [0.1, 0.15) is 53.4 Å². The zero-order chi connectivity index (χ0) is 23.7. The molecule has 0 spiro atoms. The van der Waals surface area contributed by atoms with Crippen molar-refractivity contribution in [2.45, 2.75) is 45.7 Å². The van der Waals surface area contributed by atoms with E-state index in [-0.39, 0.29) is 11.6 Å². The van der Waals surface area contributed by atoms with Crippen molar-refractivity contribution in [3.8, 4) is 5.75 Å². The number of benzene rings is 2. The van der Waals surface area contributed by atoms with E-state index in [1.54, 1.807) is 7.11 Å². The Hall–Kier alpha value is -3.52. The van der Waals surface area contributed by atoms with Gasteiger partial charge in [0.2, 0.25) is 0 Å². The minimum atomic E-state index is -0.317. The third-order valence-corrected chi connectivity index (χ3v) is 6.67. The average Bonchev–Trinajstić information content (AvgIpc) is 3.29. The number of piperidine rings is 1. The van der Waals surface area contributed by atoms with Crippen LogP contribution in [-0.2, 0) is 6.54 Å². The number of fused-ring (bicyclic) bond motifs is 1. The highest BCUT2D eigenvalue weighted by Gasteiger charge is 2.31. The molecular formula is C26H30N6O2. The van der Waals surface area contributed by atoms with Gasteiger partial charge in [-0.15, -0.1) is 5.10 Å².